The molecule has 5 rings (SSSR count). The van der Waals surface area contributed by atoms with Crippen molar-refractivity contribution in [1.29, 1.82) is 0 Å². The molecule has 0 saturated carbocycles. The summed E-state index contributed by atoms with van der Waals surface area (Å²) in [6.45, 7) is 2.33. The molecular formula is C25H21N5O3. The van der Waals surface area contributed by atoms with Crippen LogP contribution >= 0.6 is 0 Å². The molecule has 0 aliphatic rings. The topological polar surface area (TPSA) is 101 Å². The molecule has 0 atom stereocenters. The zero-order chi connectivity index (χ0) is 22.8. The van der Waals surface area contributed by atoms with Crippen molar-refractivity contribution in [2.45, 2.75) is 13.5 Å². The van der Waals surface area contributed by atoms with Crippen LogP contribution in [-0.2, 0) is 6.61 Å². The van der Waals surface area contributed by atoms with E-state index < -0.39 is 11.8 Å². The summed E-state index contributed by atoms with van der Waals surface area (Å²) in [5.74, 6) is -0.211. The lowest BCUT2D eigenvalue weighted by molar-refractivity contribution is 0.0847. The van der Waals surface area contributed by atoms with Gasteiger partial charge in [0.1, 0.15) is 18.0 Å². The van der Waals surface area contributed by atoms with Crippen molar-refractivity contribution in [3.63, 3.8) is 0 Å². The Bertz CT molecular complexity index is 1470. The van der Waals surface area contributed by atoms with Gasteiger partial charge in [-0.2, -0.15) is 0 Å². The maximum atomic E-state index is 12.4. The molecule has 0 aliphatic carbocycles. The van der Waals surface area contributed by atoms with Gasteiger partial charge in [0, 0.05) is 35.1 Å². The summed E-state index contributed by atoms with van der Waals surface area (Å²) in [4.78, 5) is 32.5. The predicted molar refractivity (Wildman–Crippen MR) is 124 cm³/mol. The second-order valence-electron chi connectivity index (χ2n) is 7.62. The molecular weight excluding hydrogens is 418 g/mol. The van der Waals surface area contributed by atoms with Crippen LogP contribution in [0.25, 0.3) is 16.6 Å². The van der Waals surface area contributed by atoms with Gasteiger partial charge in [0.25, 0.3) is 11.8 Å². The molecule has 0 bridgehead atoms. The Morgan fingerprint density at radius 1 is 1.00 bits per heavy atom. The monoisotopic (exact) mass is 439 g/mol. The fraction of sp³-hybridized carbons (Fsp3) is 0.0800. The third kappa shape index (κ3) is 4.14. The van der Waals surface area contributed by atoms with Gasteiger partial charge in [0.05, 0.1) is 11.3 Å². The number of aryl methyl sites for hydroxylation is 1. The number of hydrazine groups is 1. The molecule has 3 N–H and O–H groups in total. The van der Waals surface area contributed by atoms with E-state index in [0.717, 1.165) is 27.8 Å². The molecule has 2 amide bonds. The number of rotatable bonds is 5. The van der Waals surface area contributed by atoms with Gasteiger partial charge in [-0.15, -0.1) is 0 Å². The normalized spacial score (nSPS) is 10.9. The van der Waals surface area contributed by atoms with Crippen molar-refractivity contribution in [2.75, 3.05) is 0 Å². The molecule has 0 unspecified atom stereocenters. The van der Waals surface area contributed by atoms with Gasteiger partial charge >= 0.3 is 0 Å². The molecule has 3 aromatic heterocycles. The van der Waals surface area contributed by atoms with Gasteiger partial charge in [-0.05, 0) is 48.9 Å². The second kappa shape index (κ2) is 8.51. The SMILES string of the molecule is Cc1cccn2cc(COc3ccc(C(=O)NNC(=O)c4c[nH]c5ccccc45)cc3)nc12. The number of carbonyl (C=O) groups excluding carboxylic acids is 2. The maximum absolute atomic E-state index is 12.4. The van der Waals surface area contributed by atoms with Crippen LogP contribution in [0.1, 0.15) is 32.0 Å². The average molecular weight is 439 g/mol. The summed E-state index contributed by atoms with van der Waals surface area (Å²) in [6, 6.07) is 18.1. The number of carbonyl (C=O) groups is 2. The molecule has 0 aliphatic heterocycles. The molecule has 2 aromatic carbocycles. The molecule has 0 fully saturated rings. The van der Waals surface area contributed by atoms with Gasteiger partial charge in [-0.3, -0.25) is 20.4 Å². The maximum Gasteiger partial charge on any atom is 0.271 e. The Hall–Kier alpha value is -4.59. The van der Waals surface area contributed by atoms with Gasteiger partial charge in [-0.1, -0.05) is 24.3 Å². The average Bonchev–Trinajstić information content (AvgIpc) is 3.46. The van der Waals surface area contributed by atoms with E-state index in [1.807, 2.05) is 60.1 Å². The summed E-state index contributed by atoms with van der Waals surface area (Å²) in [7, 11) is 0. The lowest BCUT2D eigenvalue weighted by atomic mass is 10.2. The fourth-order valence-corrected chi connectivity index (χ4v) is 3.65. The number of aromatic amines is 1. The molecule has 33 heavy (non-hydrogen) atoms. The van der Waals surface area contributed by atoms with E-state index in [9.17, 15) is 9.59 Å². The second-order valence-corrected chi connectivity index (χ2v) is 7.62. The third-order valence-electron chi connectivity index (χ3n) is 5.35. The number of H-pyrrole nitrogens is 1. The minimum atomic E-state index is -0.425. The molecule has 0 saturated heterocycles. The highest BCUT2D eigenvalue weighted by atomic mass is 16.5. The van der Waals surface area contributed by atoms with E-state index in [0.29, 0.717) is 23.5 Å². The summed E-state index contributed by atoms with van der Waals surface area (Å²) < 4.78 is 7.77. The minimum absolute atomic E-state index is 0.313. The summed E-state index contributed by atoms with van der Waals surface area (Å²) in [6.07, 6.45) is 5.49. The van der Waals surface area contributed by atoms with Crippen molar-refractivity contribution in [3.8, 4) is 5.75 Å². The number of benzene rings is 2. The highest BCUT2D eigenvalue weighted by molar-refractivity contribution is 6.07. The van der Waals surface area contributed by atoms with Crippen molar-refractivity contribution >= 4 is 28.4 Å². The molecule has 164 valence electrons. The van der Waals surface area contributed by atoms with Gasteiger partial charge < -0.3 is 14.1 Å². The van der Waals surface area contributed by atoms with Crippen LogP contribution in [0.2, 0.25) is 0 Å². The number of ether oxygens (including phenoxy) is 1. The van der Waals surface area contributed by atoms with E-state index in [1.54, 1.807) is 30.5 Å². The number of hydrogen-bond acceptors (Lipinski definition) is 4. The van der Waals surface area contributed by atoms with Crippen LogP contribution in [0.15, 0.2) is 79.3 Å². The first-order valence-electron chi connectivity index (χ1n) is 10.4. The Morgan fingerprint density at radius 2 is 1.79 bits per heavy atom. The van der Waals surface area contributed by atoms with Crippen molar-refractivity contribution in [2.24, 2.45) is 0 Å². The number of fused-ring (bicyclic) bond motifs is 2. The van der Waals surface area contributed by atoms with Gasteiger partial charge in [-0.25, -0.2) is 4.98 Å². The zero-order valence-electron chi connectivity index (χ0n) is 17.8. The van der Waals surface area contributed by atoms with Crippen molar-refractivity contribution in [1.82, 2.24) is 25.2 Å². The third-order valence-corrected chi connectivity index (χ3v) is 5.35. The van der Waals surface area contributed by atoms with E-state index in [1.165, 1.54) is 0 Å². The Labute approximate surface area is 189 Å². The molecule has 8 heteroatoms. The number of imidazole rings is 1. The van der Waals surface area contributed by atoms with Crippen LogP contribution < -0.4 is 15.6 Å². The molecule has 0 radical (unpaired) electrons. The Balaban J connectivity index is 1.17. The molecule has 3 heterocycles. The van der Waals surface area contributed by atoms with E-state index in [-0.39, 0.29) is 0 Å². The van der Waals surface area contributed by atoms with Gasteiger partial charge in [0.15, 0.2) is 0 Å². The van der Waals surface area contributed by atoms with E-state index in [2.05, 4.69) is 20.8 Å². The van der Waals surface area contributed by atoms with Crippen molar-refractivity contribution in [3.05, 3.63) is 102 Å². The molecule has 8 nitrogen and oxygen atoms in total. The number of nitrogens with zero attached hydrogens (tertiary/aromatic N) is 2. The lowest BCUT2D eigenvalue weighted by Crippen LogP contribution is -2.41. The summed E-state index contributed by atoms with van der Waals surface area (Å²) in [5, 5.41) is 0.784. The van der Waals surface area contributed by atoms with Crippen LogP contribution in [-0.4, -0.2) is 26.2 Å². The molecule has 5 aromatic rings. The standard InChI is InChI=1S/C25H21N5O3/c1-16-5-4-12-30-14-18(27-23(16)30)15-33-19-10-8-17(9-11-19)24(31)28-29-25(32)21-13-26-22-7-3-2-6-20(21)22/h2-14,26H,15H2,1H3,(H,28,31)(H,29,32). The molecule has 0 spiro atoms. The number of aromatic nitrogens is 3. The number of amides is 2. The highest BCUT2D eigenvalue weighted by Crippen LogP contribution is 2.18. The number of para-hydroxylation sites is 1. The van der Waals surface area contributed by atoms with Crippen molar-refractivity contribution < 1.29 is 14.3 Å². The van der Waals surface area contributed by atoms with E-state index in [4.69, 9.17) is 4.74 Å². The Kier molecular flexibility index (Phi) is 5.24. The first-order chi connectivity index (χ1) is 16.1. The van der Waals surface area contributed by atoms with Gasteiger partial charge in [0.2, 0.25) is 0 Å². The smallest absolute Gasteiger partial charge is 0.271 e. The highest BCUT2D eigenvalue weighted by Gasteiger charge is 2.13. The van der Waals surface area contributed by atoms with Crippen LogP contribution in [0, 0.1) is 6.92 Å². The largest absolute Gasteiger partial charge is 0.487 e. The minimum Gasteiger partial charge on any atom is -0.487 e. The first-order valence-corrected chi connectivity index (χ1v) is 10.4. The van der Waals surface area contributed by atoms with Crippen LogP contribution in [0.5, 0.6) is 5.75 Å². The number of hydrogen-bond donors (Lipinski definition) is 3. The quantitative estimate of drug-likeness (QED) is 0.363. The van der Waals surface area contributed by atoms with E-state index >= 15 is 0 Å². The van der Waals surface area contributed by atoms with Crippen LogP contribution in [0.3, 0.4) is 0 Å². The number of nitrogens with one attached hydrogen (secondary N) is 3. The zero-order valence-corrected chi connectivity index (χ0v) is 17.8. The summed E-state index contributed by atoms with van der Waals surface area (Å²) in [5.41, 5.74) is 9.40. The summed E-state index contributed by atoms with van der Waals surface area (Å²) >= 11 is 0. The van der Waals surface area contributed by atoms with Crippen LogP contribution in [0.4, 0.5) is 0 Å². The fourth-order valence-electron chi connectivity index (χ4n) is 3.65. The lowest BCUT2D eigenvalue weighted by Gasteiger charge is -2.08. The Morgan fingerprint density at radius 3 is 2.61 bits per heavy atom. The number of pyridine rings is 1. The first kappa shape index (κ1) is 20.3. The predicted octanol–water partition coefficient (Wildman–Crippen LogP) is 3.78.